The van der Waals surface area contributed by atoms with Gasteiger partial charge in [0.05, 0.1) is 12.6 Å². The van der Waals surface area contributed by atoms with E-state index in [9.17, 15) is 9.59 Å². The van der Waals surface area contributed by atoms with E-state index in [-0.39, 0.29) is 18.2 Å². The number of amides is 2. The van der Waals surface area contributed by atoms with E-state index in [0.717, 1.165) is 16.6 Å². The summed E-state index contributed by atoms with van der Waals surface area (Å²) in [5, 5.41) is 4.65. The van der Waals surface area contributed by atoms with Crippen molar-refractivity contribution in [1.29, 1.82) is 0 Å². The highest BCUT2D eigenvalue weighted by molar-refractivity contribution is 6.00. The predicted molar refractivity (Wildman–Crippen MR) is 79.7 cm³/mol. The zero-order valence-electron chi connectivity index (χ0n) is 11.7. The minimum Gasteiger partial charge on any atom is -0.442 e. The minimum atomic E-state index is -0.452. The van der Waals surface area contributed by atoms with Crippen molar-refractivity contribution in [2.75, 3.05) is 18.0 Å². The van der Waals surface area contributed by atoms with Gasteiger partial charge in [-0.1, -0.05) is 0 Å². The van der Waals surface area contributed by atoms with Crippen LogP contribution in [0.2, 0.25) is 0 Å². The first-order chi connectivity index (χ1) is 10.6. The summed E-state index contributed by atoms with van der Waals surface area (Å²) in [6.45, 7) is 1.26. The molecule has 112 valence electrons. The second kappa shape index (κ2) is 4.59. The maximum absolute atomic E-state index is 11.3. The van der Waals surface area contributed by atoms with Gasteiger partial charge in [0, 0.05) is 23.7 Å². The van der Waals surface area contributed by atoms with Crippen LogP contribution in [0.5, 0.6) is 0 Å². The predicted octanol–water partition coefficient (Wildman–Crippen LogP) is 0.631. The van der Waals surface area contributed by atoms with Crippen molar-refractivity contribution in [3.63, 3.8) is 0 Å². The number of anilines is 1. The van der Waals surface area contributed by atoms with Crippen molar-refractivity contribution in [3.8, 4) is 0 Å². The van der Waals surface area contributed by atoms with Crippen molar-refractivity contribution < 1.29 is 14.3 Å². The van der Waals surface area contributed by atoms with Crippen LogP contribution in [0.25, 0.3) is 10.8 Å². The summed E-state index contributed by atoms with van der Waals surface area (Å²) in [7, 11) is 0. The third-order valence-corrected chi connectivity index (χ3v) is 4.16. The number of ether oxygens (including phenoxy) is 1. The molecule has 0 aliphatic carbocycles. The Hall–Kier alpha value is -2.83. The van der Waals surface area contributed by atoms with E-state index in [4.69, 9.17) is 10.5 Å². The van der Waals surface area contributed by atoms with Gasteiger partial charge in [0.25, 0.3) is 0 Å². The lowest BCUT2D eigenvalue weighted by molar-refractivity contribution is 0.100. The number of hydrogen-bond acceptors (Lipinski definition) is 5. The van der Waals surface area contributed by atoms with Gasteiger partial charge < -0.3 is 20.7 Å². The van der Waals surface area contributed by atoms with E-state index in [1.807, 2.05) is 12.1 Å². The van der Waals surface area contributed by atoms with Gasteiger partial charge in [-0.3, -0.25) is 4.79 Å². The lowest BCUT2D eigenvalue weighted by Crippen LogP contribution is -2.32. The van der Waals surface area contributed by atoms with Crippen LogP contribution in [0.1, 0.15) is 10.4 Å². The molecule has 0 radical (unpaired) electrons. The fourth-order valence-corrected chi connectivity index (χ4v) is 3.10. The zero-order valence-corrected chi connectivity index (χ0v) is 11.7. The largest absolute Gasteiger partial charge is 0.442 e. The number of carbonyl (C=O) groups is 2. The molecule has 2 aliphatic heterocycles. The van der Waals surface area contributed by atoms with Gasteiger partial charge in [0.2, 0.25) is 5.91 Å². The van der Waals surface area contributed by atoms with Gasteiger partial charge in [0.15, 0.2) is 0 Å². The molecule has 7 nitrogen and oxygen atoms in total. The van der Waals surface area contributed by atoms with E-state index in [0.29, 0.717) is 18.7 Å². The van der Waals surface area contributed by atoms with E-state index in [1.165, 1.54) is 0 Å². The Morgan fingerprint density at radius 3 is 3.00 bits per heavy atom. The van der Waals surface area contributed by atoms with E-state index in [2.05, 4.69) is 15.2 Å². The maximum atomic E-state index is 11.3. The van der Waals surface area contributed by atoms with Gasteiger partial charge >= 0.3 is 6.09 Å². The molecule has 3 N–H and O–H groups in total. The smallest absolute Gasteiger partial charge is 0.407 e. The molecule has 1 aromatic heterocycles. The molecule has 2 fully saturated rings. The molecule has 0 bridgehead atoms. The third kappa shape index (κ3) is 1.93. The number of aromatic nitrogens is 1. The van der Waals surface area contributed by atoms with E-state index in [1.54, 1.807) is 18.3 Å². The second-order valence-corrected chi connectivity index (χ2v) is 5.53. The van der Waals surface area contributed by atoms with Crippen LogP contribution in [0.15, 0.2) is 30.5 Å². The van der Waals surface area contributed by atoms with Gasteiger partial charge in [0.1, 0.15) is 11.9 Å². The monoisotopic (exact) mass is 298 g/mol. The molecular weight excluding hydrogens is 284 g/mol. The Labute approximate surface area is 126 Å². The summed E-state index contributed by atoms with van der Waals surface area (Å²) in [6, 6.07) is 7.16. The molecule has 1 aromatic carbocycles. The lowest BCUT2D eigenvalue weighted by atomic mass is 10.1. The number of alkyl carbamates (subject to hydrolysis) is 1. The standard InChI is InChI=1S/C15H14N4O3/c16-13(20)9-1-2-10-8(5-9)3-4-17-14(10)19-6-11-12(7-19)22-15(21)18-11/h1-5,11-12H,6-7H2,(H2,16,20)(H,18,21). The summed E-state index contributed by atoms with van der Waals surface area (Å²) in [6.07, 6.45) is 1.21. The fraction of sp³-hybridized carbons (Fsp3) is 0.267. The molecule has 2 aromatic rings. The van der Waals surface area contributed by atoms with Gasteiger partial charge in [-0.2, -0.15) is 0 Å². The normalized spacial score (nSPS) is 23.3. The number of carbonyl (C=O) groups excluding carboxylic acids is 2. The van der Waals surface area contributed by atoms with E-state index >= 15 is 0 Å². The van der Waals surface area contributed by atoms with Crippen molar-refractivity contribution in [3.05, 3.63) is 36.0 Å². The number of benzene rings is 1. The average molecular weight is 298 g/mol. The number of nitrogens with two attached hydrogens (primary N) is 1. The molecule has 3 heterocycles. The molecule has 2 aliphatic rings. The summed E-state index contributed by atoms with van der Waals surface area (Å²) in [5.74, 6) is 0.368. The molecule has 0 spiro atoms. The Morgan fingerprint density at radius 1 is 1.36 bits per heavy atom. The van der Waals surface area contributed by atoms with Gasteiger partial charge in [-0.05, 0) is 29.7 Å². The number of rotatable bonds is 2. The fourth-order valence-electron chi connectivity index (χ4n) is 3.10. The van der Waals surface area contributed by atoms with Crippen molar-refractivity contribution in [1.82, 2.24) is 10.3 Å². The molecule has 7 heteroatoms. The van der Waals surface area contributed by atoms with Crippen LogP contribution in [0, 0.1) is 0 Å². The molecule has 2 saturated heterocycles. The maximum Gasteiger partial charge on any atom is 0.407 e. The lowest BCUT2D eigenvalue weighted by Gasteiger charge is -2.19. The van der Waals surface area contributed by atoms with Crippen LogP contribution >= 0.6 is 0 Å². The average Bonchev–Trinajstić information content (AvgIpc) is 3.03. The molecule has 4 rings (SSSR count). The number of hydrogen-bond donors (Lipinski definition) is 2. The van der Waals surface area contributed by atoms with E-state index < -0.39 is 5.91 Å². The van der Waals surface area contributed by atoms with Crippen LogP contribution in [-0.2, 0) is 4.74 Å². The van der Waals surface area contributed by atoms with Gasteiger partial charge in [-0.15, -0.1) is 0 Å². The quantitative estimate of drug-likeness (QED) is 0.847. The summed E-state index contributed by atoms with van der Waals surface area (Å²) in [5.41, 5.74) is 5.79. The van der Waals surface area contributed by atoms with Crippen molar-refractivity contribution in [2.24, 2.45) is 5.73 Å². The number of fused-ring (bicyclic) bond motifs is 2. The molecule has 2 atom stereocenters. The summed E-state index contributed by atoms with van der Waals surface area (Å²) < 4.78 is 5.22. The Morgan fingerprint density at radius 2 is 2.23 bits per heavy atom. The third-order valence-electron chi connectivity index (χ3n) is 4.16. The van der Waals surface area contributed by atoms with Crippen LogP contribution < -0.4 is 16.0 Å². The summed E-state index contributed by atoms with van der Waals surface area (Å²) in [4.78, 5) is 29.0. The second-order valence-electron chi connectivity index (χ2n) is 5.53. The first kappa shape index (κ1) is 12.9. The number of nitrogens with one attached hydrogen (secondary N) is 1. The highest BCUT2D eigenvalue weighted by atomic mass is 16.6. The first-order valence-electron chi connectivity index (χ1n) is 7.02. The van der Waals surface area contributed by atoms with Crippen molar-refractivity contribution in [2.45, 2.75) is 12.1 Å². The van der Waals surface area contributed by atoms with Crippen molar-refractivity contribution >= 4 is 28.6 Å². The van der Waals surface area contributed by atoms with Crippen LogP contribution in [0.3, 0.4) is 0 Å². The topological polar surface area (TPSA) is 97.6 Å². The highest BCUT2D eigenvalue weighted by Gasteiger charge is 2.42. The highest BCUT2D eigenvalue weighted by Crippen LogP contribution is 2.30. The number of pyridine rings is 1. The minimum absolute atomic E-state index is 0.00514. The Bertz CT molecular complexity index is 775. The molecule has 2 amide bonds. The van der Waals surface area contributed by atoms with Crippen LogP contribution in [0.4, 0.5) is 10.6 Å². The number of primary amides is 1. The molecular formula is C15H14N4O3. The Kier molecular flexibility index (Phi) is 2.69. The number of nitrogens with zero attached hydrogens (tertiary/aromatic N) is 2. The zero-order chi connectivity index (χ0) is 15.3. The first-order valence-corrected chi connectivity index (χ1v) is 7.02. The molecule has 2 unspecified atom stereocenters. The Balaban J connectivity index is 1.71. The summed E-state index contributed by atoms with van der Waals surface area (Å²) >= 11 is 0. The van der Waals surface area contributed by atoms with Gasteiger partial charge in [-0.25, -0.2) is 9.78 Å². The molecule has 0 saturated carbocycles. The SMILES string of the molecule is NC(=O)c1ccc2c(N3CC4NC(=O)OC4C3)nccc2c1. The van der Waals surface area contributed by atoms with Crippen LogP contribution in [-0.4, -0.2) is 42.2 Å². The molecule has 22 heavy (non-hydrogen) atoms.